The Morgan fingerprint density at radius 3 is 2.18 bits per heavy atom. The molecule has 1 unspecified atom stereocenters. The molecule has 0 radical (unpaired) electrons. The molecular formula is C3H5F3NO3S-. The van der Waals surface area contributed by atoms with Crippen LogP contribution in [0, 0.1) is 0 Å². The van der Waals surface area contributed by atoms with Crippen molar-refractivity contribution in [2.24, 2.45) is 0 Å². The van der Waals surface area contributed by atoms with Gasteiger partial charge in [0.2, 0.25) is 0 Å². The third-order valence-corrected chi connectivity index (χ3v) is 1.30. The monoisotopic (exact) mass is 192 g/mol. The molecule has 0 aliphatic carbocycles. The number of hydroxylamine groups is 1. The van der Waals surface area contributed by atoms with Crippen LogP contribution in [0.2, 0.25) is 0 Å². The summed E-state index contributed by atoms with van der Waals surface area (Å²) in [4.78, 5) is 3.07. The summed E-state index contributed by atoms with van der Waals surface area (Å²) in [6, 6.07) is 0. The fourth-order valence-electron chi connectivity index (χ4n) is 0.316. The lowest BCUT2D eigenvalue weighted by molar-refractivity contribution is -0.389. The normalized spacial score (nSPS) is 15.5. The van der Waals surface area contributed by atoms with Gasteiger partial charge in [-0.25, -0.2) is 0 Å². The van der Waals surface area contributed by atoms with E-state index in [2.05, 4.69) is 4.84 Å². The van der Waals surface area contributed by atoms with Crippen LogP contribution in [0.4, 0.5) is 13.2 Å². The molecular weight excluding hydrogens is 187 g/mol. The summed E-state index contributed by atoms with van der Waals surface area (Å²) in [6.07, 6.45) is -4.96. The largest absolute Gasteiger partial charge is 0.758 e. The lowest BCUT2D eigenvalue weighted by Gasteiger charge is -2.21. The number of hydrogen-bond donors (Lipinski definition) is 0. The minimum atomic E-state index is -4.96. The molecule has 0 spiro atoms. The highest BCUT2D eigenvalue weighted by Gasteiger charge is 2.33. The van der Waals surface area contributed by atoms with Crippen LogP contribution < -0.4 is 0 Å². The van der Waals surface area contributed by atoms with E-state index < -0.39 is 24.2 Å². The maximum Gasteiger partial charge on any atom is 0.540 e. The van der Waals surface area contributed by atoms with Crippen molar-refractivity contribution in [1.29, 1.82) is 0 Å². The lowest BCUT2D eigenvalue weighted by atomic mass is 10.8. The fraction of sp³-hybridized carbons (Fsp3) is 1.00. The van der Waals surface area contributed by atoms with Crippen LogP contribution in [-0.4, -0.2) is 26.1 Å². The van der Waals surface area contributed by atoms with E-state index in [0.717, 1.165) is 0 Å². The highest BCUT2D eigenvalue weighted by molar-refractivity contribution is 7.76. The third kappa shape index (κ3) is 5.13. The predicted octanol–water partition coefficient (Wildman–Crippen LogP) is 0.554. The van der Waals surface area contributed by atoms with E-state index in [-0.39, 0.29) is 4.47 Å². The van der Waals surface area contributed by atoms with E-state index in [4.69, 9.17) is 0 Å². The molecule has 11 heavy (non-hydrogen) atoms. The van der Waals surface area contributed by atoms with E-state index in [1.54, 1.807) is 0 Å². The Hall–Kier alpha value is -0.180. The maximum atomic E-state index is 11.3. The van der Waals surface area contributed by atoms with Crippen LogP contribution in [0.15, 0.2) is 0 Å². The van der Waals surface area contributed by atoms with Crippen molar-refractivity contribution < 1.29 is 26.8 Å². The molecule has 0 N–H and O–H groups in total. The molecule has 0 bridgehead atoms. The van der Waals surface area contributed by atoms with Gasteiger partial charge in [0, 0.05) is 17.8 Å². The van der Waals surface area contributed by atoms with Gasteiger partial charge >= 0.3 is 6.36 Å². The van der Waals surface area contributed by atoms with Gasteiger partial charge in [0.25, 0.3) is 0 Å². The smallest absolute Gasteiger partial charge is 0.540 e. The fourth-order valence-corrected chi connectivity index (χ4v) is 0.672. The van der Waals surface area contributed by atoms with Crippen molar-refractivity contribution in [3.63, 3.8) is 0 Å². The zero-order valence-corrected chi connectivity index (χ0v) is 6.24. The van der Waals surface area contributed by atoms with Gasteiger partial charge < -0.3 is 4.55 Å². The van der Waals surface area contributed by atoms with Gasteiger partial charge in [-0.1, -0.05) is 0 Å². The van der Waals surface area contributed by atoms with Crippen molar-refractivity contribution in [3.8, 4) is 0 Å². The van der Waals surface area contributed by atoms with E-state index >= 15 is 0 Å². The summed E-state index contributed by atoms with van der Waals surface area (Å²) in [5, 5.41) is 0. The molecule has 8 heteroatoms. The number of nitrogens with zero attached hydrogens (tertiary/aromatic N) is 1. The molecule has 0 aliphatic rings. The average molecular weight is 192 g/mol. The quantitative estimate of drug-likeness (QED) is 0.484. The van der Waals surface area contributed by atoms with Gasteiger partial charge in [0.1, 0.15) is 0 Å². The van der Waals surface area contributed by atoms with Gasteiger partial charge in [0.15, 0.2) is 0 Å². The number of hydrogen-bond acceptors (Lipinski definition) is 3. The summed E-state index contributed by atoms with van der Waals surface area (Å²) in [5.41, 5.74) is 0. The standard InChI is InChI=1S/C3H6F3NO3S/c1-2-7(11(8)9)10-3(4,5)6/h2H2,1H3,(H,8,9)/p-1. The van der Waals surface area contributed by atoms with Crippen LogP contribution >= 0.6 is 0 Å². The molecule has 1 atom stereocenters. The Bertz CT molecular complexity index is 149. The minimum Gasteiger partial charge on any atom is -0.758 e. The lowest BCUT2D eigenvalue weighted by Crippen LogP contribution is -2.32. The Morgan fingerprint density at radius 2 is 2.09 bits per heavy atom. The summed E-state index contributed by atoms with van der Waals surface area (Å²) < 4.78 is 53.6. The van der Waals surface area contributed by atoms with Gasteiger partial charge in [-0.2, -0.15) is 4.84 Å². The first-order valence-electron chi connectivity index (χ1n) is 2.49. The molecule has 0 aromatic rings. The summed E-state index contributed by atoms with van der Waals surface area (Å²) in [7, 11) is 0. The van der Waals surface area contributed by atoms with Crippen molar-refractivity contribution in [2.45, 2.75) is 13.3 Å². The molecule has 68 valence electrons. The average Bonchev–Trinajstić information content (AvgIpc) is 1.80. The van der Waals surface area contributed by atoms with Crippen molar-refractivity contribution in [2.75, 3.05) is 6.54 Å². The highest BCUT2D eigenvalue weighted by Crippen LogP contribution is 2.18. The third-order valence-electron chi connectivity index (χ3n) is 0.630. The van der Waals surface area contributed by atoms with Crippen LogP contribution in [0.3, 0.4) is 0 Å². The van der Waals surface area contributed by atoms with E-state index in [1.165, 1.54) is 6.92 Å². The molecule has 0 saturated carbocycles. The molecule has 0 saturated heterocycles. The highest BCUT2D eigenvalue weighted by atomic mass is 32.2. The molecule has 0 heterocycles. The zero-order chi connectivity index (χ0) is 9.07. The van der Waals surface area contributed by atoms with Gasteiger partial charge in [0.05, 0.1) is 0 Å². The minimum absolute atomic E-state index is 0.208. The second-order valence-electron chi connectivity index (χ2n) is 1.40. The predicted molar refractivity (Wildman–Crippen MR) is 28.4 cm³/mol. The van der Waals surface area contributed by atoms with Crippen LogP contribution in [0.1, 0.15) is 6.92 Å². The van der Waals surface area contributed by atoms with Crippen molar-refractivity contribution in [3.05, 3.63) is 0 Å². The molecule has 0 rings (SSSR count). The van der Waals surface area contributed by atoms with Crippen LogP contribution in [0.25, 0.3) is 0 Å². The number of alkyl halides is 3. The zero-order valence-electron chi connectivity index (χ0n) is 5.42. The van der Waals surface area contributed by atoms with Crippen LogP contribution in [0.5, 0.6) is 0 Å². The van der Waals surface area contributed by atoms with Gasteiger partial charge in [-0.15, -0.1) is 17.6 Å². The second-order valence-corrected chi connectivity index (χ2v) is 2.24. The SMILES string of the molecule is CCN(OC(F)(F)F)S(=O)[O-]. The molecule has 0 aliphatic heterocycles. The molecule has 0 aromatic carbocycles. The summed E-state index contributed by atoms with van der Waals surface area (Å²) in [5.74, 6) is 0. The number of halogens is 3. The van der Waals surface area contributed by atoms with Crippen molar-refractivity contribution >= 4 is 11.3 Å². The van der Waals surface area contributed by atoms with Crippen molar-refractivity contribution in [1.82, 2.24) is 4.47 Å². The first-order valence-corrected chi connectivity index (χ1v) is 3.52. The van der Waals surface area contributed by atoms with E-state index in [0.29, 0.717) is 0 Å². The topological polar surface area (TPSA) is 52.6 Å². The van der Waals surface area contributed by atoms with E-state index in [9.17, 15) is 21.9 Å². The molecule has 0 fully saturated rings. The van der Waals surface area contributed by atoms with Gasteiger partial charge in [-0.3, -0.25) is 4.21 Å². The van der Waals surface area contributed by atoms with E-state index in [1.807, 2.05) is 0 Å². The summed E-state index contributed by atoms with van der Waals surface area (Å²) in [6.45, 7) is 0.817. The Balaban J connectivity index is 3.99. The Labute approximate surface area is 63.3 Å². The molecule has 0 aromatic heterocycles. The Kier molecular flexibility index (Phi) is 3.93. The summed E-state index contributed by atoms with van der Waals surface area (Å²) >= 11 is -3.01. The second kappa shape index (κ2) is 4.00. The first-order chi connectivity index (χ1) is 4.87. The number of rotatable bonds is 3. The Morgan fingerprint density at radius 1 is 1.64 bits per heavy atom. The van der Waals surface area contributed by atoms with Gasteiger partial charge in [-0.05, 0) is 6.92 Å². The first kappa shape index (κ1) is 10.8. The molecule has 4 nitrogen and oxygen atoms in total. The molecule has 0 amide bonds. The van der Waals surface area contributed by atoms with Crippen LogP contribution in [-0.2, 0) is 16.1 Å². The maximum absolute atomic E-state index is 11.3.